The number of aromatic nitrogens is 2. The van der Waals surface area contributed by atoms with Crippen LogP contribution in [-0.2, 0) is 6.54 Å². The van der Waals surface area contributed by atoms with Gasteiger partial charge in [0.2, 0.25) is 0 Å². The molecule has 0 bridgehead atoms. The highest BCUT2D eigenvalue weighted by molar-refractivity contribution is 6.34. The van der Waals surface area contributed by atoms with Crippen molar-refractivity contribution in [1.82, 2.24) is 10.2 Å². The Kier molecular flexibility index (Phi) is 4.50. The smallest absolute Gasteiger partial charge is 0.156 e. The Hall–Kier alpha value is -2.98. The Labute approximate surface area is 156 Å². The van der Waals surface area contributed by atoms with Crippen LogP contribution in [0.1, 0.15) is 5.56 Å². The Morgan fingerprint density at radius 2 is 1.81 bits per heavy atom. The van der Waals surface area contributed by atoms with Crippen molar-refractivity contribution < 1.29 is 4.74 Å². The van der Waals surface area contributed by atoms with E-state index in [1.54, 1.807) is 7.11 Å². The lowest BCUT2D eigenvalue weighted by molar-refractivity contribution is 0.414. The summed E-state index contributed by atoms with van der Waals surface area (Å²) in [5, 5.41) is 12.6. The molecule has 0 unspecified atom stereocenters. The number of fused-ring (bicyclic) bond motifs is 1. The zero-order valence-corrected chi connectivity index (χ0v) is 15.0. The summed E-state index contributed by atoms with van der Waals surface area (Å²) >= 11 is 6.47. The molecular weight excluding hydrogens is 346 g/mol. The Morgan fingerprint density at radius 3 is 2.54 bits per heavy atom. The van der Waals surface area contributed by atoms with E-state index in [2.05, 4.69) is 33.7 Å². The van der Waals surface area contributed by atoms with E-state index in [1.165, 1.54) is 0 Å². The van der Waals surface area contributed by atoms with E-state index in [-0.39, 0.29) is 0 Å². The molecule has 0 radical (unpaired) electrons. The van der Waals surface area contributed by atoms with Crippen molar-refractivity contribution >= 4 is 28.3 Å². The Bertz CT molecular complexity index is 1030. The molecule has 0 fully saturated rings. The van der Waals surface area contributed by atoms with Gasteiger partial charge in [0.25, 0.3) is 0 Å². The lowest BCUT2D eigenvalue weighted by Gasteiger charge is -2.07. The van der Waals surface area contributed by atoms with Crippen molar-refractivity contribution in [2.45, 2.75) is 6.54 Å². The molecule has 4 nitrogen and oxygen atoms in total. The van der Waals surface area contributed by atoms with Gasteiger partial charge >= 0.3 is 0 Å². The maximum Gasteiger partial charge on any atom is 0.156 e. The number of halogens is 1. The molecule has 0 atom stereocenters. The number of nitrogens with one attached hydrogen (secondary N) is 2. The topological polar surface area (TPSA) is 49.9 Å². The predicted molar refractivity (Wildman–Crippen MR) is 107 cm³/mol. The lowest BCUT2D eigenvalue weighted by atomic mass is 10.0. The largest absolute Gasteiger partial charge is 0.497 e. The van der Waals surface area contributed by atoms with Crippen LogP contribution in [0.5, 0.6) is 5.75 Å². The monoisotopic (exact) mass is 363 g/mol. The van der Waals surface area contributed by atoms with E-state index in [0.717, 1.165) is 39.2 Å². The summed E-state index contributed by atoms with van der Waals surface area (Å²) in [6, 6.07) is 22.1. The summed E-state index contributed by atoms with van der Waals surface area (Å²) in [5.74, 6) is 1.66. The van der Waals surface area contributed by atoms with Crippen LogP contribution in [0.15, 0.2) is 66.7 Å². The highest BCUT2D eigenvalue weighted by Gasteiger charge is 2.11. The summed E-state index contributed by atoms with van der Waals surface area (Å²) in [5.41, 5.74) is 4.14. The molecule has 2 N–H and O–H groups in total. The summed E-state index contributed by atoms with van der Waals surface area (Å²) in [6.07, 6.45) is 0. The first-order valence-corrected chi connectivity index (χ1v) is 8.72. The van der Waals surface area contributed by atoms with Gasteiger partial charge in [0, 0.05) is 17.5 Å². The number of ether oxygens (including phenoxy) is 1. The maximum absolute atomic E-state index is 6.47. The van der Waals surface area contributed by atoms with Gasteiger partial charge in [0.05, 0.1) is 17.6 Å². The first-order chi connectivity index (χ1) is 12.7. The normalized spacial score (nSPS) is 10.8. The number of benzene rings is 3. The molecule has 0 aliphatic carbocycles. The van der Waals surface area contributed by atoms with Gasteiger partial charge in [0.1, 0.15) is 5.75 Å². The molecule has 0 aliphatic rings. The predicted octanol–water partition coefficient (Wildman–Crippen LogP) is 5.50. The van der Waals surface area contributed by atoms with Crippen LogP contribution < -0.4 is 10.1 Å². The van der Waals surface area contributed by atoms with Crippen LogP contribution in [0.3, 0.4) is 0 Å². The number of rotatable bonds is 5. The minimum atomic E-state index is 0.674. The van der Waals surface area contributed by atoms with Crippen LogP contribution in [0.2, 0.25) is 5.02 Å². The molecule has 4 aromatic rings. The molecule has 3 aromatic carbocycles. The number of methoxy groups -OCH3 is 1. The van der Waals surface area contributed by atoms with Crippen LogP contribution in [0.25, 0.3) is 22.0 Å². The maximum atomic E-state index is 6.47. The molecule has 130 valence electrons. The number of H-pyrrole nitrogens is 1. The molecule has 26 heavy (non-hydrogen) atoms. The standard InChI is InChI=1S/C21H18ClN3O/c1-26-16-9-7-14(8-10-16)13-23-21-18-11-17(15-5-3-2-4-6-15)19(22)12-20(18)24-25-21/h2-12H,13H2,1H3,(H2,23,24,25). The number of aromatic amines is 1. The molecule has 1 heterocycles. The number of anilines is 1. The molecule has 5 heteroatoms. The Balaban J connectivity index is 1.63. The van der Waals surface area contributed by atoms with Crippen molar-refractivity contribution in [2.75, 3.05) is 12.4 Å². The third-order valence-corrected chi connectivity index (χ3v) is 4.67. The fourth-order valence-corrected chi connectivity index (χ4v) is 3.21. The van der Waals surface area contributed by atoms with E-state index in [1.807, 2.05) is 48.5 Å². The molecule has 4 rings (SSSR count). The third-order valence-electron chi connectivity index (χ3n) is 4.35. The number of hydrogen-bond donors (Lipinski definition) is 2. The van der Waals surface area contributed by atoms with Gasteiger partial charge in [-0.25, -0.2) is 0 Å². The molecule has 0 amide bonds. The van der Waals surface area contributed by atoms with Crippen molar-refractivity contribution in [2.24, 2.45) is 0 Å². The third kappa shape index (κ3) is 3.24. The molecule has 0 saturated carbocycles. The zero-order chi connectivity index (χ0) is 17.9. The number of nitrogens with zero attached hydrogens (tertiary/aromatic N) is 1. The second kappa shape index (κ2) is 7.10. The van der Waals surface area contributed by atoms with E-state index in [0.29, 0.717) is 11.6 Å². The van der Waals surface area contributed by atoms with E-state index >= 15 is 0 Å². The SMILES string of the molecule is COc1ccc(CNc2n[nH]c3cc(Cl)c(-c4ccccc4)cc23)cc1. The lowest BCUT2D eigenvalue weighted by Crippen LogP contribution is -2.00. The van der Waals surface area contributed by atoms with Gasteiger partial charge < -0.3 is 10.1 Å². The average molecular weight is 364 g/mol. The average Bonchev–Trinajstić information content (AvgIpc) is 3.08. The summed E-state index contributed by atoms with van der Waals surface area (Å²) in [4.78, 5) is 0. The minimum Gasteiger partial charge on any atom is -0.497 e. The van der Waals surface area contributed by atoms with Crippen molar-refractivity contribution in [3.8, 4) is 16.9 Å². The van der Waals surface area contributed by atoms with Gasteiger partial charge in [-0.1, -0.05) is 54.1 Å². The highest BCUT2D eigenvalue weighted by Crippen LogP contribution is 2.34. The van der Waals surface area contributed by atoms with Gasteiger partial charge in [-0.2, -0.15) is 5.10 Å². The first kappa shape index (κ1) is 16.5. The van der Waals surface area contributed by atoms with Gasteiger partial charge in [-0.05, 0) is 35.4 Å². The minimum absolute atomic E-state index is 0.674. The van der Waals surface area contributed by atoms with Crippen molar-refractivity contribution in [1.29, 1.82) is 0 Å². The first-order valence-electron chi connectivity index (χ1n) is 8.34. The molecule has 0 saturated heterocycles. The zero-order valence-electron chi connectivity index (χ0n) is 14.3. The van der Waals surface area contributed by atoms with E-state index < -0.39 is 0 Å². The van der Waals surface area contributed by atoms with Crippen molar-refractivity contribution in [3.63, 3.8) is 0 Å². The van der Waals surface area contributed by atoms with Crippen LogP contribution in [0.4, 0.5) is 5.82 Å². The van der Waals surface area contributed by atoms with Crippen LogP contribution in [0, 0.1) is 0 Å². The Morgan fingerprint density at radius 1 is 1.04 bits per heavy atom. The molecule has 0 spiro atoms. The van der Waals surface area contributed by atoms with Crippen LogP contribution in [-0.4, -0.2) is 17.3 Å². The van der Waals surface area contributed by atoms with Gasteiger partial charge in [-0.15, -0.1) is 0 Å². The summed E-state index contributed by atoms with van der Waals surface area (Å²) < 4.78 is 5.19. The summed E-state index contributed by atoms with van der Waals surface area (Å²) in [7, 11) is 1.67. The fourth-order valence-electron chi connectivity index (χ4n) is 2.94. The second-order valence-electron chi connectivity index (χ2n) is 6.02. The van der Waals surface area contributed by atoms with Gasteiger partial charge in [0.15, 0.2) is 5.82 Å². The summed E-state index contributed by atoms with van der Waals surface area (Å²) in [6.45, 7) is 0.674. The fraction of sp³-hybridized carbons (Fsp3) is 0.0952. The quantitative estimate of drug-likeness (QED) is 0.492. The van der Waals surface area contributed by atoms with E-state index in [4.69, 9.17) is 16.3 Å². The van der Waals surface area contributed by atoms with E-state index in [9.17, 15) is 0 Å². The van der Waals surface area contributed by atoms with Crippen LogP contribution >= 0.6 is 11.6 Å². The molecule has 1 aromatic heterocycles. The van der Waals surface area contributed by atoms with Crippen molar-refractivity contribution in [3.05, 3.63) is 77.3 Å². The van der Waals surface area contributed by atoms with Gasteiger partial charge in [-0.3, -0.25) is 5.10 Å². The second-order valence-corrected chi connectivity index (χ2v) is 6.42. The molecule has 0 aliphatic heterocycles. The molecular formula is C21H18ClN3O. The highest BCUT2D eigenvalue weighted by atomic mass is 35.5. The number of hydrogen-bond acceptors (Lipinski definition) is 3.